The van der Waals surface area contributed by atoms with E-state index in [0.29, 0.717) is 0 Å². The van der Waals surface area contributed by atoms with Crippen LogP contribution < -0.4 is 5.32 Å². The molecule has 1 aromatic carbocycles. The number of alkyl halides is 1. The second-order valence-corrected chi connectivity index (χ2v) is 4.29. The first kappa shape index (κ1) is 13.5. The van der Waals surface area contributed by atoms with Crippen LogP contribution in [0, 0.1) is 5.82 Å². The van der Waals surface area contributed by atoms with E-state index in [2.05, 4.69) is 5.32 Å². The number of halogens is 2. The average Bonchev–Trinajstić information content (AvgIpc) is 2.28. The van der Waals surface area contributed by atoms with Crippen LogP contribution in [0.2, 0.25) is 0 Å². The number of nitrogens with one attached hydrogen (secondary N) is 1. The van der Waals surface area contributed by atoms with E-state index < -0.39 is 0 Å². The minimum absolute atomic E-state index is 0.165. The Labute approximate surface area is 102 Å². The first-order valence-electron chi connectivity index (χ1n) is 5.84. The lowest BCUT2D eigenvalue weighted by Crippen LogP contribution is -2.14. The SMILES string of the molecule is Fc1cccc(CNCCCCCCCl)c1. The summed E-state index contributed by atoms with van der Waals surface area (Å²) in [6.45, 7) is 1.73. The quantitative estimate of drug-likeness (QED) is 0.542. The van der Waals surface area contributed by atoms with Gasteiger partial charge in [-0.05, 0) is 37.1 Å². The molecule has 0 aliphatic heterocycles. The van der Waals surface area contributed by atoms with Gasteiger partial charge in [-0.1, -0.05) is 25.0 Å². The van der Waals surface area contributed by atoms with Crippen LogP contribution >= 0.6 is 11.6 Å². The van der Waals surface area contributed by atoms with E-state index in [1.807, 2.05) is 6.07 Å². The summed E-state index contributed by atoms with van der Waals surface area (Å²) in [5.74, 6) is 0.595. The van der Waals surface area contributed by atoms with Crippen LogP contribution in [0.15, 0.2) is 24.3 Å². The molecule has 0 atom stereocenters. The van der Waals surface area contributed by atoms with Gasteiger partial charge in [0, 0.05) is 12.4 Å². The Morgan fingerprint density at radius 3 is 2.69 bits per heavy atom. The highest BCUT2D eigenvalue weighted by atomic mass is 35.5. The number of hydrogen-bond acceptors (Lipinski definition) is 1. The van der Waals surface area contributed by atoms with Crippen molar-refractivity contribution in [1.29, 1.82) is 0 Å². The molecule has 16 heavy (non-hydrogen) atoms. The smallest absolute Gasteiger partial charge is 0.123 e. The molecule has 3 heteroatoms. The molecular weight excluding hydrogens is 225 g/mol. The molecule has 0 spiro atoms. The molecular formula is C13H19ClFN. The van der Waals surface area contributed by atoms with Crippen molar-refractivity contribution in [2.45, 2.75) is 32.2 Å². The summed E-state index contributed by atoms with van der Waals surface area (Å²) >= 11 is 5.59. The van der Waals surface area contributed by atoms with Crippen molar-refractivity contribution in [2.24, 2.45) is 0 Å². The van der Waals surface area contributed by atoms with Gasteiger partial charge in [-0.2, -0.15) is 0 Å². The molecule has 0 radical (unpaired) electrons. The van der Waals surface area contributed by atoms with Crippen LogP contribution in [0.5, 0.6) is 0 Å². The second kappa shape index (κ2) is 8.54. The van der Waals surface area contributed by atoms with Gasteiger partial charge in [0.05, 0.1) is 0 Å². The van der Waals surface area contributed by atoms with Crippen molar-refractivity contribution in [2.75, 3.05) is 12.4 Å². The van der Waals surface area contributed by atoms with Gasteiger partial charge in [0.25, 0.3) is 0 Å². The standard InChI is InChI=1S/C13H19ClFN/c14-8-3-1-2-4-9-16-11-12-6-5-7-13(15)10-12/h5-7,10,16H,1-4,8-9,11H2. The van der Waals surface area contributed by atoms with E-state index in [9.17, 15) is 4.39 Å². The second-order valence-electron chi connectivity index (χ2n) is 3.91. The van der Waals surface area contributed by atoms with Crippen LogP contribution in [0.3, 0.4) is 0 Å². The van der Waals surface area contributed by atoms with Crippen molar-refractivity contribution in [3.63, 3.8) is 0 Å². The zero-order chi connectivity index (χ0) is 11.6. The van der Waals surface area contributed by atoms with Crippen LogP contribution in [0.25, 0.3) is 0 Å². The molecule has 0 saturated heterocycles. The molecule has 1 aromatic rings. The maximum atomic E-state index is 12.8. The van der Waals surface area contributed by atoms with E-state index >= 15 is 0 Å². The zero-order valence-electron chi connectivity index (χ0n) is 9.52. The fourth-order valence-corrected chi connectivity index (χ4v) is 1.77. The van der Waals surface area contributed by atoms with Crippen LogP contribution in [-0.2, 0) is 6.54 Å². The highest BCUT2D eigenvalue weighted by Gasteiger charge is 1.94. The summed E-state index contributed by atoms with van der Waals surface area (Å²) in [7, 11) is 0. The molecule has 0 amide bonds. The van der Waals surface area contributed by atoms with Gasteiger partial charge in [-0.25, -0.2) is 4.39 Å². The number of hydrogen-bond donors (Lipinski definition) is 1. The van der Waals surface area contributed by atoms with Gasteiger partial charge in [-0.15, -0.1) is 11.6 Å². The van der Waals surface area contributed by atoms with Gasteiger partial charge in [0.1, 0.15) is 5.82 Å². The zero-order valence-corrected chi connectivity index (χ0v) is 10.3. The molecule has 0 aliphatic carbocycles. The molecule has 1 nitrogen and oxygen atoms in total. The topological polar surface area (TPSA) is 12.0 Å². The summed E-state index contributed by atoms with van der Waals surface area (Å²) in [5.41, 5.74) is 1.00. The molecule has 0 unspecified atom stereocenters. The molecule has 90 valence electrons. The number of benzene rings is 1. The molecule has 0 heterocycles. The van der Waals surface area contributed by atoms with E-state index in [0.717, 1.165) is 37.4 Å². The fraction of sp³-hybridized carbons (Fsp3) is 0.538. The van der Waals surface area contributed by atoms with E-state index in [-0.39, 0.29) is 5.82 Å². The maximum absolute atomic E-state index is 12.8. The van der Waals surface area contributed by atoms with Crippen molar-refractivity contribution in [3.8, 4) is 0 Å². The summed E-state index contributed by atoms with van der Waals surface area (Å²) in [6.07, 6.45) is 4.67. The highest BCUT2D eigenvalue weighted by Crippen LogP contribution is 2.03. The third-order valence-electron chi connectivity index (χ3n) is 2.46. The molecule has 0 aromatic heterocycles. The maximum Gasteiger partial charge on any atom is 0.123 e. The Morgan fingerprint density at radius 1 is 1.12 bits per heavy atom. The lowest BCUT2D eigenvalue weighted by molar-refractivity contribution is 0.593. The molecule has 0 saturated carbocycles. The van der Waals surface area contributed by atoms with Crippen molar-refractivity contribution >= 4 is 11.6 Å². The van der Waals surface area contributed by atoms with E-state index in [4.69, 9.17) is 11.6 Å². The monoisotopic (exact) mass is 243 g/mol. The van der Waals surface area contributed by atoms with Gasteiger partial charge in [0.15, 0.2) is 0 Å². The predicted molar refractivity (Wildman–Crippen MR) is 67.3 cm³/mol. The predicted octanol–water partition coefficient (Wildman–Crippen LogP) is 3.71. The minimum atomic E-state index is -0.165. The van der Waals surface area contributed by atoms with Gasteiger partial charge >= 0.3 is 0 Å². The molecule has 1 N–H and O–H groups in total. The molecule has 0 aliphatic rings. The number of rotatable bonds is 8. The Bertz CT molecular complexity index is 291. The summed E-state index contributed by atoms with van der Waals surface area (Å²) < 4.78 is 12.8. The Morgan fingerprint density at radius 2 is 1.94 bits per heavy atom. The van der Waals surface area contributed by atoms with Gasteiger partial charge in [0.2, 0.25) is 0 Å². The highest BCUT2D eigenvalue weighted by molar-refractivity contribution is 6.17. The third-order valence-corrected chi connectivity index (χ3v) is 2.72. The lowest BCUT2D eigenvalue weighted by atomic mass is 10.2. The minimum Gasteiger partial charge on any atom is -0.313 e. The third kappa shape index (κ3) is 6.09. The first-order chi connectivity index (χ1) is 7.83. The van der Waals surface area contributed by atoms with Crippen LogP contribution in [0.1, 0.15) is 31.2 Å². The van der Waals surface area contributed by atoms with Gasteiger partial charge < -0.3 is 5.32 Å². The summed E-state index contributed by atoms with van der Waals surface area (Å²) in [4.78, 5) is 0. The normalized spacial score (nSPS) is 10.6. The molecule has 0 bridgehead atoms. The molecule has 0 fully saturated rings. The Kier molecular flexibility index (Phi) is 7.19. The lowest BCUT2D eigenvalue weighted by Gasteiger charge is -2.04. The average molecular weight is 244 g/mol. The van der Waals surface area contributed by atoms with Crippen molar-refractivity contribution in [1.82, 2.24) is 5.32 Å². The van der Waals surface area contributed by atoms with Crippen LogP contribution in [-0.4, -0.2) is 12.4 Å². The van der Waals surface area contributed by atoms with Gasteiger partial charge in [-0.3, -0.25) is 0 Å². The van der Waals surface area contributed by atoms with Crippen LogP contribution in [0.4, 0.5) is 4.39 Å². The Hall–Kier alpha value is -0.600. The number of unbranched alkanes of at least 4 members (excludes halogenated alkanes) is 3. The summed E-state index contributed by atoms with van der Waals surface area (Å²) in [6, 6.07) is 6.71. The van der Waals surface area contributed by atoms with Crippen molar-refractivity contribution < 1.29 is 4.39 Å². The van der Waals surface area contributed by atoms with E-state index in [1.165, 1.54) is 18.9 Å². The largest absolute Gasteiger partial charge is 0.313 e. The van der Waals surface area contributed by atoms with E-state index in [1.54, 1.807) is 12.1 Å². The summed E-state index contributed by atoms with van der Waals surface area (Å²) in [5, 5.41) is 3.31. The Balaban J connectivity index is 2.03. The first-order valence-corrected chi connectivity index (χ1v) is 6.37. The fourth-order valence-electron chi connectivity index (χ4n) is 1.58. The molecule has 1 rings (SSSR count). The van der Waals surface area contributed by atoms with Crippen molar-refractivity contribution in [3.05, 3.63) is 35.6 Å².